The van der Waals surface area contributed by atoms with E-state index in [9.17, 15) is 0 Å². The Morgan fingerprint density at radius 2 is 2.11 bits per heavy atom. The van der Waals surface area contributed by atoms with Crippen molar-refractivity contribution in [3.05, 3.63) is 29.8 Å². The molecular formula is C15H21NOS. The third kappa shape index (κ3) is 2.44. The van der Waals surface area contributed by atoms with E-state index in [4.69, 9.17) is 4.74 Å². The monoisotopic (exact) mass is 263 g/mol. The summed E-state index contributed by atoms with van der Waals surface area (Å²) in [5.41, 5.74) is 1.48. The molecule has 2 aliphatic rings. The first kappa shape index (κ1) is 12.5. The zero-order chi connectivity index (χ0) is 12.4. The Hall–Kier alpha value is -0.510. The summed E-state index contributed by atoms with van der Waals surface area (Å²) >= 11 is 1.99. The summed E-state index contributed by atoms with van der Waals surface area (Å²) in [5, 5.41) is 3.84. The van der Waals surface area contributed by atoms with Crippen molar-refractivity contribution >= 4 is 11.8 Å². The Labute approximate surface area is 113 Å². The van der Waals surface area contributed by atoms with Crippen LogP contribution in [0.5, 0.6) is 0 Å². The number of methoxy groups -OCH3 is 1. The first-order chi connectivity index (χ1) is 8.88. The zero-order valence-corrected chi connectivity index (χ0v) is 11.7. The van der Waals surface area contributed by atoms with E-state index in [1.807, 2.05) is 18.9 Å². The van der Waals surface area contributed by atoms with E-state index in [1.165, 1.54) is 41.9 Å². The minimum atomic E-state index is 0.409. The lowest BCUT2D eigenvalue weighted by atomic mass is 10.0. The van der Waals surface area contributed by atoms with Gasteiger partial charge in [-0.05, 0) is 43.1 Å². The number of hydrogen-bond donors (Lipinski definition) is 1. The fraction of sp³-hybridized carbons (Fsp3) is 0.600. The summed E-state index contributed by atoms with van der Waals surface area (Å²) in [4.78, 5) is 1.45. The number of nitrogens with one attached hydrogen (secondary N) is 1. The fourth-order valence-electron chi connectivity index (χ4n) is 3.17. The van der Waals surface area contributed by atoms with Gasteiger partial charge in [0.1, 0.15) is 0 Å². The van der Waals surface area contributed by atoms with Gasteiger partial charge in [0.15, 0.2) is 0 Å². The highest BCUT2D eigenvalue weighted by atomic mass is 32.2. The maximum Gasteiger partial charge on any atom is 0.0724 e. The number of hydrogen-bond acceptors (Lipinski definition) is 3. The van der Waals surface area contributed by atoms with E-state index < -0.39 is 0 Å². The normalized spacial score (nSPS) is 31.3. The molecule has 0 amide bonds. The molecule has 1 heterocycles. The number of benzene rings is 1. The van der Waals surface area contributed by atoms with E-state index in [-0.39, 0.29) is 0 Å². The second kappa shape index (κ2) is 5.64. The van der Waals surface area contributed by atoms with Gasteiger partial charge in [-0.1, -0.05) is 18.2 Å². The van der Waals surface area contributed by atoms with Crippen LogP contribution >= 0.6 is 11.8 Å². The van der Waals surface area contributed by atoms with Crippen molar-refractivity contribution in [2.24, 2.45) is 0 Å². The van der Waals surface area contributed by atoms with Gasteiger partial charge >= 0.3 is 0 Å². The first-order valence-corrected chi connectivity index (χ1v) is 7.87. The largest absolute Gasteiger partial charge is 0.380 e. The second-order valence-electron chi connectivity index (χ2n) is 5.21. The second-order valence-corrected chi connectivity index (χ2v) is 6.34. The number of fused-ring (bicyclic) bond motifs is 1. The number of rotatable bonds is 3. The molecule has 3 atom stereocenters. The van der Waals surface area contributed by atoms with E-state index in [0.717, 1.165) is 0 Å². The Kier molecular flexibility index (Phi) is 3.92. The quantitative estimate of drug-likeness (QED) is 0.903. The molecule has 1 N–H and O–H groups in total. The molecule has 0 aromatic heterocycles. The van der Waals surface area contributed by atoms with Crippen molar-refractivity contribution in [1.82, 2.24) is 5.32 Å². The Morgan fingerprint density at radius 3 is 3.00 bits per heavy atom. The molecule has 2 nitrogen and oxygen atoms in total. The van der Waals surface area contributed by atoms with Gasteiger partial charge in [-0.25, -0.2) is 0 Å². The van der Waals surface area contributed by atoms with Crippen LogP contribution in [0.15, 0.2) is 29.2 Å². The number of ether oxygens (including phenoxy) is 1. The smallest absolute Gasteiger partial charge is 0.0724 e. The van der Waals surface area contributed by atoms with Crippen LogP contribution in [0.3, 0.4) is 0 Å². The SMILES string of the molecule is COC1CCCC1NC1CCSc2ccccc21. The molecule has 3 heteroatoms. The molecule has 3 rings (SSSR count). The van der Waals surface area contributed by atoms with Crippen LogP contribution in [0.25, 0.3) is 0 Å². The van der Waals surface area contributed by atoms with Crippen LogP contribution in [0.1, 0.15) is 37.3 Å². The predicted octanol–water partition coefficient (Wildman–Crippen LogP) is 3.38. The van der Waals surface area contributed by atoms with Crippen LogP contribution in [-0.4, -0.2) is 25.0 Å². The molecule has 1 aromatic rings. The highest BCUT2D eigenvalue weighted by molar-refractivity contribution is 7.99. The summed E-state index contributed by atoms with van der Waals surface area (Å²) in [6.45, 7) is 0. The highest BCUT2D eigenvalue weighted by Crippen LogP contribution is 2.37. The van der Waals surface area contributed by atoms with Crippen molar-refractivity contribution in [3.8, 4) is 0 Å². The van der Waals surface area contributed by atoms with Crippen LogP contribution in [0, 0.1) is 0 Å². The Morgan fingerprint density at radius 1 is 1.22 bits per heavy atom. The fourth-order valence-corrected chi connectivity index (χ4v) is 4.30. The van der Waals surface area contributed by atoms with Crippen LogP contribution in [0.2, 0.25) is 0 Å². The van der Waals surface area contributed by atoms with E-state index >= 15 is 0 Å². The topological polar surface area (TPSA) is 21.3 Å². The number of thioether (sulfide) groups is 1. The molecule has 3 unspecified atom stereocenters. The highest BCUT2D eigenvalue weighted by Gasteiger charge is 2.30. The van der Waals surface area contributed by atoms with Crippen molar-refractivity contribution in [2.75, 3.05) is 12.9 Å². The molecule has 18 heavy (non-hydrogen) atoms. The van der Waals surface area contributed by atoms with Gasteiger partial charge in [-0.3, -0.25) is 0 Å². The molecule has 1 saturated carbocycles. The van der Waals surface area contributed by atoms with Crippen LogP contribution in [-0.2, 0) is 4.74 Å². The molecule has 0 radical (unpaired) electrons. The Bertz CT molecular complexity index is 409. The summed E-state index contributed by atoms with van der Waals surface area (Å²) in [6.07, 6.45) is 5.39. The molecule has 0 spiro atoms. The third-order valence-electron chi connectivity index (χ3n) is 4.13. The molecule has 0 bridgehead atoms. The third-order valence-corrected chi connectivity index (χ3v) is 5.25. The van der Waals surface area contributed by atoms with Crippen molar-refractivity contribution in [1.29, 1.82) is 0 Å². The van der Waals surface area contributed by atoms with Gasteiger partial charge in [0.05, 0.1) is 6.10 Å². The van der Waals surface area contributed by atoms with E-state index in [0.29, 0.717) is 18.2 Å². The van der Waals surface area contributed by atoms with Gasteiger partial charge < -0.3 is 10.1 Å². The van der Waals surface area contributed by atoms with Crippen LogP contribution < -0.4 is 5.32 Å². The molecule has 1 aliphatic carbocycles. The maximum absolute atomic E-state index is 5.59. The summed E-state index contributed by atoms with van der Waals surface area (Å²) in [7, 11) is 1.84. The van der Waals surface area contributed by atoms with Gasteiger partial charge in [0.2, 0.25) is 0 Å². The lowest BCUT2D eigenvalue weighted by Gasteiger charge is -2.30. The van der Waals surface area contributed by atoms with Gasteiger partial charge in [-0.15, -0.1) is 11.8 Å². The zero-order valence-electron chi connectivity index (χ0n) is 10.9. The first-order valence-electron chi connectivity index (χ1n) is 6.89. The van der Waals surface area contributed by atoms with E-state index in [2.05, 4.69) is 29.6 Å². The van der Waals surface area contributed by atoms with Gasteiger partial charge in [0.25, 0.3) is 0 Å². The summed E-state index contributed by atoms with van der Waals surface area (Å²) in [6, 6.07) is 9.87. The van der Waals surface area contributed by atoms with Crippen LogP contribution in [0.4, 0.5) is 0 Å². The lowest BCUT2D eigenvalue weighted by Crippen LogP contribution is -2.40. The van der Waals surface area contributed by atoms with E-state index in [1.54, 1.807) is 0 Å². The van der Waals surface area contributed by atoms with Crippen molar-refractivity contribution in [2.45, 2.75) is 48.8 Å². The molecule has 98 valence electrons. The maximum atomic E-state index is 5.59. The summed E-state index contributed by atoms with van der Waals surface area (Å²) in [5.74, 6) is 1.22. The minimum Gasteiger partial charge on any atom is -0.380 e. The summed E-state index contributed by atoms with van der Waals surface area (Å²) < 4.78 is 5.59. The Balaban J connectivity index is 1.74. The predicted molar refractivity (Wildman–Crippen MR) is 76.1 cm³/mol. The standard InChI is InChI=1S/C15H21NOS/c1-17-14-7-4-6-13(14)16-12-9-10-18-15-8-3-2-5-11(12)15/h2-3,5,8,12-14,16H,4,6-7,9-10H2,1H3. The molecule has 1 fully saturated rings. The molecule has 0 saturated heterocycles. The van der Waals surface area contributed by atoms with Crippen molar-refractivity contribution < 1.29 is 4.74 Å². The average molecular weight is 263 g/mol. The van der Waals surface area contributed by atoms with Gasteiger partial charge in [-0.2, -0.15) is 0 Å². The van der Waals surface area contributed by atoms with Crippen molar-refractivity contribution in [3.63, 3.8) is 0 Å². The lowest BCUT2D eigenvalue weighted by molar-refractivity contribution is 0.0808. The minimum absolute atomic E-state index is 0.409. The molecule has 1 aliphatic heterocycles. The van der Waals surface area contributed by atoms with Gasteiger partial charge in [0, 0.05) is 24.1 Å². The average Bonchev–Trinajstić information content (AvgIpc) is 2.86. The molecule has 1 aromatic carbocycles. The molecular weight excluding hydrogens is 242 g/mol.